The molecule has 0 amide bonds. The predicted molar refractivity (Wildman–Crippen MR) is 131 cm³/mol. The summed E-state index contributed by atoms with van der Waals surface area (Å²) in [6, 6.07) is 13.6. The molecule has 172 valence electrons. The summed E-state index contributed by atoms with van der Waals surface area (Å²) in [5, 5.41) is 21.8. The van der Waals surface area contributed by atoms with Crippen LogP contribution in [0.2, 0.25) is 0 Å². The quantitative estimate of drug-likeness (QED) is 0.410. The van der Waals surface area contributed by atoms with Crippen molar-refractivity contribution in [1.29, 1.82) is 0 Å². The molecule has 3 N–H and O–H groups in total. The predicted octanol–water partition coefficient (Wildman–Crippen LogP) is 4.40. The van der Waals surface area contributed by atoms with Crippen LogP contribution < -0.4 is 11.0 Å². The molecule has 2 aromatic carbocycles. The summed E-state index contributed by atoms with van der Waals surface area (Å²) in [6.07, 6.45) is 5.82. The second kappa shape index (κ2) is 8.90. The Bertz CT molecular complexity index is 1320. The van der Waals surface area contributed by atoms with Gasteiger partial charge in [-0.2, -0.15) is 5.10 Å². The van der Waals surface area contributed by atoms with E-state index in [0.717, 1.165) is 47.7 Å². The summed E-state index contributed by atoms with van der Waals surface area (Å²) >= 11 is 0. The first-order valence-corrected chi connectivity index (χ1v) is 11.8. The minimum atomic E-state index is -0.330. The molecule has 0 saturated carbocycles. The van der Waals surface area contributed by atoms with Gasteiger partial charge in [0, 0.05) is 23.6 Å². The second-order valence-electron chi connectivity index (χ2n) is 9.35. The number of aryl methyl sites for hydroxylation is 1. The van der Waals surface area contributed by atoms with E-state index < -0.39 is 0 Å². The van der Waals surface area contributed by atoms with Crippen LogP contribution in [0, 0.1) is 5.92 Å². The molecule has 0 radical (unpaired) electrons. The molecule has 5 rings (SSSR count). The number of benzene rings is 2. The number of aromatic hydroxyl groups is 1. The number of fused-ring (bicyclic) bond motifs is 1. The smallest absolute Gasteiger partial charge is 0.348 e. The zero-order valence-electron chi connectivity index (χ0n) is 19.2. The second-order valence-corrected chi connectivity index (χ2v) is 9.35. The van der Waals surface area contributed by atoms with E-state index in [0.29, 0.717) is 17.3 Å². The van der Waals surface area contributed by atoms with Crippen molar-refractivity contribution in [2.24, 2.45) is 5.92 Å². The van der Waals surface area contributed by atoms with E-state index in [9.17, 15) is 9.90 Å². The van der Waals surface area contributed by atoms with Crippen LogP contribution >= 0.6 is 0 Å². The Labute approximate surface area is 193 Å². The lowest BCUT2D eigenvalue weighted by atomic mass is 9.95. The lowest BCUT2D eigenvalue weighted by Crippen LogP contribution is -2.28. The fraction of sp³-hybridized carbons (Fsp3) is 0.385. The molecule has 3 heterocycles. The fourth-order valence-electron chi connectivity index (χ4n) is 4.82. The number of piperidine rings is 1. The third kappa shape index (κ3) is 4.20. The third-order valence-corrected chi connectivity index (χ3v) is 6.85. The number of aromatic amines is 1. The molecule has 4 aromatic rings. The van der Waals surface area contributed by atoms with Crippen molar-refractivity contribution in [3.05, 3.63) is 64.7 Å². The molecule has 0 bridgehead atoms. The van der Waals surface area contributed by atoms with Gasteiger partial charge in [0.25, 0.3) is 0 Å². The Morgan fingerprint density at radius 3 is 2.73 bits per heavy atom. The van der Waals surface area contributed by atoms with Crippen molar-refractivity contribution < 1.29 is 5.11 Å². The molecule has 1 fully saturated rings. The Balaban J connectivity index is 1.48. The Kier molecular flexibility index (Phi) is 5.81. The van der Waals surface area contributed by atoms with Gasteiger partial charge in [-0.25, -0.2) is 14.5 Å². The number of nitrogens with zero attached hydrogens (tertiary/aromatic N) is 3. The van der Waals surface area contributed by atoms with Gasteiger partial charge in [-0.05, 0) is 86.1 Å². The maximum Gasteiger partial charge on any atom is 0.348 e. The minimum Gasteiger partial charge on any atom is -0.507 e. The van der Waals surface area contributed by atoms with Gasteiger partial charge >= 0.3 is 5.69 Å². The first-order valence-electron chi connectivity index (χ1n) is 11.8. The zero-order chi connectivity index (χ0) is 22.9. The standard InChI is InChI=1S/C26H31N5O2/c1-17(2)19-3-6-24(32)22(16-19)25-28-29-26(33)31(25)21-4-5-23-20(15-21)10-14-30(23)13-9-18-7-11-27-12-8-18/h3-6,10,14-18,27,32H,7-9,11-13H2,1-2H3,(H,29,33). The van der Waals surface area contributed by atoms with Crippen LogP contribution in [-0.4, -0.2) is 37.5 Å². The van der Waals surface area contributed by atoms with Crippen LogP contribution in [0.15, 0.2) is 53.5 Å². The summed E-state index contributed by atoms with van der Waals surface area (Å²) in [5.41, 5.74) is 3.17. The fourth-order valence-corrected chi connectivity index (χ4v) is 4.82. The molecule has 1 aliphatic rings. The van der Waals surface area contributed by atoms with E-state index in [2.05, 4.69) is 52.3 Å². The first-order chi connectivity index (χ1) is 16.0. The third-order valence-electron chi connectivity index (χ3n) is 6.85. The van der Waals surface area contributed by atoms with E-state index in [1.165, 1.54) is 23.8 Å². The van der Waals surface area contributed by atoms with E-state index in [4.69, 9.17) is 0 Å². The van der Waals surface area contributed by atoms with Crippen LogP contribution in [0.25, 0.3) is 28.0 Å². The molecule has 0 spiro atoms. The average molecular weight is 446 g/mol. The van der Waals surface area contributed by atoms with Gasteiger partial charge in [0.15, 0.2) is 5.82 Å². The van der Waals surface area contributed by atoms with Crippen molar-refractivity contribution in [3.63, 3.8) is 0 Å². The van der Waals surface area contributed by atoms with Gasteiger partial charge in [0.2, 0.25) is 0 Å². The maximum atomic E-state index is 12.7. The monoisotopic (exact) mass is 445 g/mol. The van der Waals surface area contributed by atoms with Crippen molar-refractivity contribution in [2.45, 2.75) is 45.6 Å². The summed E-state index contributed by atoms with van der Waals surface area (Å²) in [6.45, 7) is 7.44. The highest BCUT2D eigenvalue weighted by atomic mass is 16.3. The highest BCUT2D eigenvalue weighted by molar-refractivity contribution is 5.82. The number of hydrogen-bond donors (Lipinski definition) is 3. The molecule has 0 unspecified atom stereocenters. The van der Waals surface area contributed by atoms with Gasteiger partial charge in [0.05, 0.1) is 11.3 Å². The molecule has 7 heteroatoms. The summed E-state index contributed by atoms with van der Waals surface area (Å²) < 4.78 is 3.84. The van der Waals surface area contributed by atoms with Crippen molar-refractivity contribution in [1.82, 2.24) is 24.6 Å². The Hall–Kier alpha value is -3.32. The highest BCUT2D eigenvalue weighted by Gasteiger charge is 2.18. The van der Waals surface area contributed by atoms with Gasteiger partial charge in [0.1, 0.15) is 5.75 Å². The lowest BCUT2D eigenvalue weighted by Gasteiger charge is -2.22. The summed E-state index contributed by atoms with van der Waals surface area (Å²) in [4.78, 5) is 12.7. The van der Waals surface area contributed by atoms with E-state index in [1.54, 1.807) is 6.07 Å². The van der Waals surface area contributed by atoms with Crippen molar-refractivity contribution in [3.8, 4) is 22.8 Å². The van der Waals surface area contributed by atoms with E-state index in [1.807, 2.05) is 24.3 Å². The number of phenols is 1. The van der Waals surface area contributed by atoms with Gasteiger partial charge in [-0.3, -0.25) is 0 Å². The minimum absolute atomic E-state index is 0.102. The lowest BCUT2D eigenvalue weighted by molar-refractivity contribution is 0.339. The van der Waals surface area contributed by atoms with Gasteiger partial charge in [-0.1, -0.05) is 19.9 Å². The molecule has 7 nitrogen and oxygen atoms in total. The van der Waals surface area contributed by atoms with Crippen LogP contribution in [0.5, 0.6) is 5.75 Å². The molecule has 33 heavy (non-hydrogen) atoms. The normalized spacial score (nSPS) is 15.0. The number of rotatable bonds is 6. The molecule has 0 atom stereocenters. The molecule has 0 aliphatic carbocycles. The molecule has 1 saturated heterocycles. The molecule has 2 aromatic heterocycles. The number of H-pyrrole nitrogens is 1. The number of phenolic OH excluding ortho intramolecular Hbond substituents is 1. The number of nitrogens with one attached hydrogen (secondary N) is 2. The van der Waals surface area contributed by atoms with Gasteiger partial charge < -0.3 is 15.0 Å². The van der Waals surface area contributed by atoms with Crippen LogP contribution in [0.1, 0.15) is 44.6 Å². The topological polar surface area (TPSA) is 87.9 Å². The van der Waals surface area contributed by atoms with E-state index in [-0.39, 0.29) is 11.4 Å². The first kappa shape index (κ1) is 21.5. The molecular formula is C26H31N5O2. The Morgan fingerprint density at radius 2 is 1.94 bits per heavy atom. The van der Waals surface area contributed by atoms with Gasteiger partial charge in [-0.15, -0.1) is 0 Å². The Morgan fingerprint density at radius 1 is 1.12 bits per heavy atom. The average Bonchev–Trinajstić information content (AvgIpc) is 3.41. The molecule has 1 aliphatic heterocycles. The number of hydrogen-bond acceptors (Lipinski definition) is 4. The SMILES string of the molecule is CC(C)c1ccc(O)c(-c2n[nH]c(=O)n2-c2ccc3c(ccn3CCC3CCNCC3)c2)c1. The summed E-state index contributed by atoms with van der Waals surface area (Å²) in [5.74, 6) is 1.59. The number of aromatic nitrogens is 4. The van der Waals surface area contributed by atoms with Crippen molar-refractivity contribution in [2.75, 3.05) is 13.1 Å². The summed E-state index contributed by atoms with van der Waals surface area (Å²) in [7, 11) is 0. The molecular weight excluding hydrogens is 414 g/mol. The van der Waals surface area contributed by atoms with Crippen LogP contribution in [0.3, 0.4) is 0 Å². The largest absolute Gasteiger partial charge is 0.507 e. The van der Waals surface area contributed by atoms with E-state index >= 15 is 0 Å². The maximum absolute atomic E-state index is 12.7. The zero-order valence-corrected chi connectivity index (χ0v) is 19.2. The van der Waals surface area contributed by atoms with Crippen LogP contribution in [0.4, 0.5) is 0 Å². The highest BCUT2D eigenvalue weighted by Crippen LogP contribution is 2.32. The van der Waals surface area contributed by atoms with Crippen LogP contribution in [-0.2, 0) is 6.54 Å². The van der Waals surface area contributed by atoms with Crippen molar-refractivity contribution >= 4 is 10.9 Å².